The third kappa shape index (κ3) is 3.65. The first-order valence-electron chi connectivity index (χ1n) is 7.75. The van der Waals surface area contributed by atoms with E-state index in [9.17, 15) is 8.78 Å². The molecule has 0 unspecified atom stereocenters. The van der Waals surface area contributed by atoms with Gasteiger partial charge in [0, 0.05) is 17.1 Å². The van der Waals surface area contributed by atoms with Crippen molar-refractivity contribution in [2.24, 2.45) is 0 Å². The Bertz CT molecular complexity index is 698. The zero-order valence-electron chi connectivity index (χ0n) is 13.3. The molecule has 2 aromatic carbocycles. The first-order valence-corrected chi connectivity index (χ1v) is 8.74. The summed E-state index contributed by atoms with van der Waals surface area (Å²) >= 11 is 1.68. The Balaban J connectivity index is 2.13. The number of quaternary nitrogens is 1. The lowest BCUT2D eigenvalue weighted by molar-refractivity contribution is -0.857. The summed E-state index contributed by atoms with van der Waals surface area (Å²) in [6.45, 7) is 0.978. The van der Waals surface area contributed by atoms with Gasteiger partial charge in [-0.25, -0.2) is 8.78 Å². The quantitative estimate of drug-likeness (QED) is 0.901. The molecule has 2 aromatic rings. The Morgan fingerprint density at radius 2 is 1.74 bits per heavy atom. The third-order valence-corrected chi connectivity index (χ3v) is 5.09. The second kappa shape index (κ2) is 6.85. The van der Waals surface area contributed by atoms with E-state index in [-0.39, 0.29) is 11.6 Å². The van der Waals surface area contributed by atoms with Crippen LogP contribution >= 0.6 is 11.8 Å². The summed E-state index contributed by atoms with van der Waals surface area (Å²) in [7, 11) is 4.20. The highest BCUT2D eigenvalue weighted by molar-refractivity contribution is 7.98. The Morgan fingerprint density at radius 3 is 2.48 bits per heavy atom. The van der Waals surface area contributed by atoms with Gasteiger partial charge in [-0.3, -0.25) is 0 Å². The van der Waals surface area contributed by atoms with Gasteiger partial charge in [-0.15, -0.1) is 11.8 Å². The molecule has 0 saturated heterocycles. The number of rotatable bonds is 3. The minimum atomic E-state index is -0.256. The van der Waals surface area contributed by atoms with E-state index in [2.05, 4.69) is 20.2 Å². The Hall–Kier alpha value is -1.65. The summed E-state index contributed by atoms with van der Waals surface area (Å²) in [6.07, 6.45) is 2.99. The second-order valence-corrected chi connectivity index (χ2v) is 7.11. The molecule has 0 aliphatic carbocycles. The van der Waals surface area contributed by atoms with E-state index in [0.29, 0.717) is 0 Å². The molecule has 1 aliphatic heterocycles. The van der Waals surface area contributed by atoms with Crippen LogP contribution in [0, 0.1) is 11.6 Å². The van der Waals surface area contributed by atoms with E-state index in [1.54, 1.807) is 23.9 Å². The van der Waals surface area contributed by atoms with Gasteiger partial charge in [0.2, 0.25) is 0 Å². The number of halogens is 2. The topological polar surface area (TPSA) is 4.44 Å². The van der Waals surface area contributed by atoms with Crippen molar-refractivity contribution in [2.75, 3.05) is 20.6 Å². The molecule has 4 heteroatoms. The summed E-state index contributed by atoms with van der Waals surface area (Å²) < 4.78 is 27.6. The summed E-state index contributed by atoms with van der Waals surface area (Å²) in [4.78, 5) is 2.40. The normalized spacial score (nSPS) is 15.4. The van der Waals surface area contributed by atoms with Gasteiger partial charge in [0.1, 0.15) is 11.6 Å². The highest BCUT2D eigenvalue weighted by Gasteiger charge is 2.19. The molecule has 120 valence electrons. The molecule has 0 atom stereocenters. The van der Waals surface area contributed by atoms with E-state index in [4.69, 9.17) is 0 Å². The minimum Gasteiger partial charge on any atom is -0.340 e. The van der Waals surface area contributed by atoms with Gasteiger partial charge in [-0.05, 0) is 52.6 Å². The molecule has 1 nitrogen and oxygen atoms in total. The van der Waals surface area contributed by atoms with Gasteiger partial charge in [0.05, 0.1) is 20.6 Å². The maximum Gasteiger partial charge on any atom is 0.123 e. The van der Waals surface area contributed by atoms with E-state index < -0.39 is 0 Å². The molecule has 0 amide bonds. The van der Waals surface area contributed by atoms with Crippen LogP contribution in [0.2, 0.25) is 0 Å². The highest BCUT2D eigenvalue weighted by atomic mass is 32.2. The SMILES string of the molecule is C[NH+](C)CC/C=C1/c2cc(F)ccc2CSc2ccc(F)cc21. The lowest BCUT2D eigenvalue weighted by atomic mass is 9.93. The van der Waals surface area contributed by atoms with Gasteiger partial charge in [-0.1, -0.05) is 12.1 Å². The maximum atomic E-state index is 13.8. The fourth-order valence-corrected chi connectivity index (χ4v) is 3.84. The molecule has 0 aromatic heterocycles. The number of benzene rings is 2. The van der Waals surface area contributed by atoms with Crippen LogP contribution in [0.3, 0.4) is 0 Å². The molecule has 1 N–H and O–H groups in total. The Kier molecular flexibility index (Phi) is 4.83. The molecule has 0 bridgehead atoms. The van der Waals surface area contributed by atoms with Crippen LogP contribution in [0.4, 0.5) is 8.78 Å². The van der Waals surface area contributed by atoms with Crippen LogP contribution in [0.25, 0.3) is 5.57 Å². The van der Waals surface area contributed by atoms with Crippen LogP contribution in [0.5, 0.6) is 0 Å². The number of hydrogen-bond acceptors (Lipinski definition) is 1. The molecular weight excluding hydrogens is 312 g/mol. The molecule has 0 spiro atoms. The molecular formula is C19H20F2NS+. The van der Waals surface area contributed by atoms with Crippen LogP contribution in [-0.4, -0.2) is 20.6 Å². The van der Waals surface area contributed by atoms with Crippen LogP contribution < -0.4 is 4.90 Å². The average Bonchev–Trinajstić information content (AvgIpc) is 2.64. The van der Waals surface area contributed by atoms with Crippen LogP contribution in [0.15, 0.2) is 47.4 Å². The summed E-state index contributed by atoms with van der Waals surface area (Å²) in [5.41, 5.74) is 3.79. The van der Waals surface area contributed by atoms with Gasteiger partial charge in [0.25, 0.3) is 0 Å². The summed E-state index contributed by atoms with van der Waals surface area (Å²) in [5.74, 6) is 0.260. The minimum absolute atomic E-state index is 0.252. The van der Waals surface area contributed by atoms with Gasteiger partial charge in [-0.2, -0.15) is 0 Å². The molecule has 1 aliphatic rings. The molecule has 3 rings (SSSR count). The van der Waals surface area contributed by atoms with Crippen molar-refractivity contribution < 1.29 is 13.7 Å². The lowest BCUT2D eigenvalue weighted by Gasteiger charge is -2.12. The van der Waals surface area contributed by atoms with Crippen molar-refractivity contribution in [2.45, 2.75) is 17.1 Å². The van der Waals surface area contributed by atoms with E-state index >= 15 is 0 Å². The Morgan fingerprint density at radius 1 is 1.04 bits per heavy atom. The lowest BCUT2D eigenvalue weighted by Crippen LogP contribution is -3.05. The predicted molar refractivity (Wildman–Crippen MR) is 91.7 cm³/mol. The predicted octanol–water partition coefficient (Wildman–Crippen LogP) is 3.54. The molecule has 1 heterocycles. The number of thioether (sulfide) groups is 1. The number of nitrogens with one attached hydrogen (secondary N) is 1. The summed E-state index contributed by atoms with van der Waals surface area (Å²) in [5, 5.41) is 0. The zero-order chi connectivity index (χ0) is 16.4. The van der Waals surface area contributed by atoms with E-state index in [0.717, 1.165) is 45.9 Å². The second-order valence-electron chi connectivity index (χ2n) is 6.09. The van der Waals surface area contributed by atoms with Crippen molar-refractivity contribution in [3.05, 3.63) is 70.8 Å². The highest BCUT2D eigenvalue weighted by Crippen LogP contribution is 2.40. The number of fused-ring (bicyclic) bond motifs is 2. The van der Waals surface area contributed by atoms with E-state index in [1.165, 1.54) is 17.0 Å². The van der Waals surface area contributed by atoms with Gasteiger partial charge < -0.3 is 4.90 Å². The maximum absolute atomic E-state index is 13.8. The van der Waals surface area contributed by atoms with Crippen molar-refractivity contribution >= 4 is 17.3 Å². The van der Waals surface area contributed by atoms with Crippen molar-refractivity contribution in [1.29, 1.82) is 0 Å². The van der Waals surface area contributed by atoms with Crippen molar-refractivity contribution in [3.63, 3.8) is 0 Å². The van der Waals surface area contributed by atoms with Gasteiger partial charge in [0.15, 0.2) is 0 Å². The molecule has 0 fully saturated rings. The first kappa shape index (κ1) is 16.2. The first-order chi connectivity index (χ1) is 11.0. The summed E-state index contributed by atoms with van der Waals surface area (Å²) in [6, 6.07) is 9.79. The van der Waals surface area contributed by atoms with Crippen molar-refractivity contribution in [3.8, 4) is 0 Å². The fourth-order valence-electron chi connectivity index (χ4n) is 2.79. The average molecular weight is 332 g/mol. The third-order valence-electron chi connectivity index (χ3n) is 3.97. The molecule has 23 heavy (non-hydrogen) atoms. The smallest absolute Gasteiger partial charge is 0.123 e. The molecule has 0 radical (unpaired) electrons. The van der Waals surface area contributed by atoms with Gasteiger partial charge >= 0.3 is 0 Å². The number of hydrogen-bond donors (Lipinski definition) is 1. The molecule has 0 saturated carbocycles. The standard InChI is InChI=1S/C19H19F2NS/c1-22(2)9-3-4-16-17-10-14(20)6-5-13(17)12-23-19-8-7-15(21)11-18(16)19/h4-8,10-11H,3,9,12H2,1-2H3/p+1/b16-4-. The largest absolute Gasteiger partial charge is 0.340 e. The monoisotopic (exact) mass is 332 g/mol. The van der Waals surface area contributed by atoms with E-state index in [1.807, 2.05) is 12.1 Å². The Labute approximate surface area is 140 Å². The van der Waals surface area contributed by atoms with Crippen LogP contribution in [0.1, 0.15) is 23.1 Å². The zero-order valence-corrected chi connectivity index (χ0v) is 14.1. The van der Waals surface area contributed by atoms with Crippen LogP contribution in [-0.2, 0) is 5.75 Å². The van der Waals surface area contributed by atoms with Crippen molar-refractivity contribution in [1.82, 2.24) is 0 Å². The fraction of sp³-hybridized carbons (Fsp3) is 0.263.